The lowest BCUT2D eigenvalue weighted by molar-refractivity contribution is 0.443. The van der Waals surface area contributed by atoms with Crippen LogP contribution >= 0.6 is 0 Å². The summed E-state index contributed by atoms with van der Waals surface area (Å²) < 4.78 is 15.4. The fourth-order valence-corrected chi connectivity index (χ4v) is 3.81. The fourth-order valence-electron chi connectivity index (χ4n) is 3.81. The predicted octanol–water partition coefficient (Wildman–Crippen LogP) is 5.18. The number of halogens is 1. The zero-order valence-corrected chi connectivity index (χ0v) is 14.2. The molecule has 0 spiro atoms. The van der Waals surface area contributed by atoms with E-state index in [1.165, 1.54) is 24.6 Å². The summed E-state index contributed by atoms with van der Waals surface area (Å²) in [7, 11) is 0. The lowest BCUT2D eigenvalue weighted by Crippen LogP contribution is -2.03. The van der Waals surface area contributed by atoms with Gasteiger partial charge in [-0.3, -0.25) is 0 Å². The molecular weight excluding hydrogens is 297 g/mol. The van der Waals surface area contributed by atoms with Gasteiger partial charge in [0.2, 0.25) is 0 Å². The maximum atomic E-state index is 13.0. The number of aromatic nitrogens is 1. The Morgan fingerprint density at radius 3 is 3.08 bits per heavy atom. The highest BCUT2D eigenvalue weighted by molar-refractivity contribution is 5.87. The zero-order valence-electron chi connectivity index (χ0n) is 14.2. The lowest BCUT2D eigenvalue weighted by atomic mass is 10.0. The Balaban J connectivity index is 1.63. The molecule has 0 aliphatic heterocycles. The third-order valence-electron chi connectivity index (χ3n) is 5.17. The third kappa shape index (κ3) is 2.80. The summed E-state index contributed by atoms with van der Waals surface area (Å²) in [4.78, 5) is 0. The molecule has 0 bridgehead atoms. The number of alkyl halides is 1. The van der Waals surface area contributed by atoms with Gasteiger partial charge in [0.1, 0.15) is 0 Å². The van der Waals surface area contributed by atoms with E-state index in [4.69, 9.17) is 0 Å². The van der Waals surface area contributed by atoms with Gasteiger partial charge in [-0.1, -0.05) is 41.7 Å². The molecule has 0 saturated heterocycles. The van der Waals surface area contributed by atoms with Crippen molar-refractivity contribution in [2.75, 3.05) is 0 Å². The topological polar surface area (TPSA) is 4.93 Å². The second kappa shape index (κ2) is 5.98. The average molecular weight is 319 g/mol. The largest absolute Gasteiger partial charge is 0.345 e. The van der Waals surface area contributed by atoms with Crippen LogP contribution in [0.15, 0.2) is 48.1 Å². The molecule has 2 aliphatic rings. The van der Waals surface area contributed by atoms with Crippen molar-refractivity contribution in [1.29, 1.82) is 0 Å². The number of aryl methyl sites for hydroxylation is 2. The van der Waals surface area contributed by atoms with E-state index in [9.17, 15) is 4.39 Å². The molecule has 1 heterocycles. The summed E-state index contributed by atoms with van der Waals surface area (Å²) in [5, 5.41) is 1.13. The summed E-state index contributed by atoms with van der Waals surface area (Å²) >= 11 is 0. The molecule has 3 atom stereocenters. The monoisotopic (exact) mass is 319 g/mol. The van der Waals surface area contributed by atoms with Crippen molar-refractivity contribution in [2.24, 2.45) is 11.8 Å². The van der Waals surface area contributed by atoms with E-state index < -0.39 is 6.17 Å². The van der Waals surface area contributed by atoms with Gasteiger partial charge in [-0.05, 0) is 56.7 Å². The second-order valence-corrected chi connectivity index (χ2v) is 6.94. The van der Waals surface area contributed by atoms with Gasteiger partial charge in [-0.15, -0.1) is 0 Å². The zero-order chi connectivity index (χ0) is 16.7. The van der Waals surface area contributed by atoms with E-state index in [2.05, 4.69) is 53.7 Å². The predicted molar refractivity (Wildman–Crippen MR) is 97.6 cm³/mol. The molecule has 3 unspecified atom stereocenters. The van der Waals surface area contributed by atoms with Gasteiger partial charge in [0.15, 0.2) is 6.17 Å². The molecule has 0 amide bonds. The Morgan fingerprint density at radius 1 is 1.38 bits per heavy atom. The molecule has 1 nitrogen and oxygen atoms in total. The maximum absolute atomic E-state index is 13.0. The van der Waals surface area contributed by atoms with Gasteiger partial charge < -0.3 is 4.57 Å². The molecule has 2 aliphatic carbocycles. The number of benzene rings is 1. The van der Waals surface area contributed by atoms with Crippen molar-refractivity contribution >= 4 is 10.9 Å². The second-order valence-electron chi connectivity index (χ2n) is 6.94. The van der Waals surface area contributed by atoms with Crippen LogP contribution in [-0.4, -0.2) is 10.7 Å². The van der Waals surface area contributed by atoms with Crippen molar-refractivity contribution in [2.45, 2.75) is 39.4 Å². The molecule has 2 heteroatoms. The molecule has 1 aromatic heterocycles. The van der Waals surface area contributed by atoms with Crippen LogP contribution in [0.1, 0.15) is 31.0 Å². The first-order valence-electron chi connectivity index (χ1n) is 8.75. The normalized spacial score (nSPS) is 22.5. The Labute approximate surface area is 142 Å². The molecule has 1 aromatic carbocycles. The smallest absolute Gasteiger partial charge is 0.158 e. The van der Waals surface area contributed by atoms with Gasteiger partial charge in [-0.25, -0.2) is 4.39 Å². The minimum absolute atomic E-state index is 0.796. The van der Waals surface area contributed by atoms with E-state index in [1.807, 2.05) is 12.1 Å². The summed E-state index contributed by atoms with van der Waals surface area (Å²) in [6, 6.07) is 8.31. The molecule has 4 rings (SSSR count). The first-order valence-corrected chi connectivity index (χ1v) is 8.75. The Kier molecular flexibility index (Phi) is 3.81. The van der Waals surface area contributed by atoms with E-state index in [0.29, 0.717) is 0 Å². The number of nitrogens with zero attached hydrogens (tertiary/aromatic N) is 1. The number of hydrogen-bond acceptors (Lipinski definition) is 0. The van der Waals surface area contributed by atoms with Crippen molar-refractivity contribution in [3.05, 3.63) is 59.3 Å². The number of rotatable bonds is 3. The van der Waals surface area contributed by atoms with Crippen LogP contribution in [0.3, 0.4) is 0 Å². The Bertz CT molecular complexity index is 901. The summed E-state index contributed by atoms with van der Waals surface area (Å²) in [5.74, 6) is 7.22. The van der Waals surface area contributed by atoms with Crippen LogP contribution < -0.4 is 0 Å². The highest BCUT2D eigenvalue weighted by Gasteiger charge is 2.38. The molecule has 2 aromatic rings. The number of allylic oxidation sites excluding steroid dienone is 4. The summed E-state index contributed by atoms with van der Waals surface area (Å²) in [5.41, 5.74) is 4.95. The molecule has 1 saturated carbocycles. The fraction of sp³-hybridized carbons (Fsp3) is 0.364. The van der Waals surface area contributed by atoms with E-state index >= 15 is 0 Å². The average Bonchev–Trinajstić information content (AvgIpc) is 3.28. The number of fused-ring (bicyclic) bond motifs is 2. The van der Waals surface area contributed by atoms with E-state index in [1.54, 1.807) is 5.57 Å². The minimum Gasteiger partial charge on any atom is -0.345 e. The van der Waals surface area contributed by atoms with E-state index in [0.717, 1.165) is 35.8 Å². The Morgan fingerprint density at radius 2 is 2.25 bits per heavy atom. The summed E-state index contributed by atoms with van der Waals surface area (Å²) in [6.45, 7) is 4.61. The summed E-state index contributed by atoms with van der Waals surface area (Å²) in [6.07, 6.45) is 8.19. The molecule has 122 valence electrons. The van der Waals surface area contributed by atoms with Crippen LogP contribution in [0, 0.1) is 30.6 Å². The van der Waals surface area contributed by atoms with Crippen LogP contribution in [0.25, 0.3) is 10.9 Å². The van der Waals surface area contributed by atoms with Gasteiger partial charge in [0.05, 0.1) is 0 Å². The SMILES string of the molecule is Cc1cc2c(C#CC(C)F)cccc2n1CCC1=CC=CC2CC12. The first-order chi connectivity index (χ1) is 11.6. The molecule has 0 radical (unpaired) electrons. The minimum atomic E-state index is -1.10. The van der Waals surface area contributed by atoms with Crippen LogP contribution in [-0.2, 0) is 6.54 Å². The number of hydrogen-bond donors (Lipinski definition) is 0. The maximum Gasteiger partial charge on any atom is 0.158 e. The molecular formula is C22H22FN. The van der Waals surface area contributed by atoms with Gasteiger partial charge in [-0.2, -0.15) is 0 Å². The molecule has 24 heavy (non-hydrogen) atoms. The lowest BCUT2D eigenvalue weighted by Gasteiger charge is -2.12. The Hall–Kier alpha value is -2.27. The quantitative estimate of drug-likeness (QED) is 0.687. The third-order valence-corrected chi connectivity index (χ3v) is 5.17. The van der Waals surface area contributed by atoms with Crippen LogP contribution in [0.4, 0.5) is 4.39 Å². The molecule has 1 fully saturated rings. The van der Waals surface area contributed by atoms with Crippen molar-refractivity contribution < 1.29 is 4.39 Å². The van der Waals surface area contributed by atoms with Crippen molar-refractivity contribution in [1.82, 2.24) is 4.57 Å². The van der Waals surface area contributed by atoms with Gasteiger partial charge in [0.25, 0.3) is 0 Å². The van der Waals surface area contributed by atoms with Crippen LogP contribution in [0.5, 0.6) is 0 Å². The van der Waals surface area contributed by atoms with Gasteiger partial charge >= 0.3 is 0 Å². The van der Waals surface area contributed by atoms with Crippen molar-refractivity contribution in [3.8, 4) is 11.8 Å². The van der Waals surface area contributed by atoms with Crippen LogP contribution in [0.2, 0.25) is 0 Å². The molecule has 0 N–H and O–H groups in total. The highest BCUT2D eigenvalue weighted by atomic mass is 19.1. The van der Waals surface area contributed by atoms with Gasteiger partial charge in [0, 0.05) is 28.7 Å². The first kappa shape index (κ1) is 15.3. The van der Waals surface area contributed by atoms with E-state index in [-0.39, 0.29) is 0 Å². The van der Waals surface area contributed by atoms with Crippen molar-refractivity contribution in [3.63, 3.8) is 0 Å². The highest BCUT2D eigenvalue weighted by Crippen LogP contribution is 2.48. The standard InChI is InChI=1S/C22H22FN/c1-15(23)9-10-17-6-4-8-22-21(17)13-16(2)24(22)12-11-18-5-3-7-19-14-20(18)19/h3-8,13,15,19-20H,11-12,14H2,1-2H3.